The second-order valence-electron chi connectivity index (χ2n) is 5.21. The summed E-state index contributed by atoms with van der Waals surface area (Å²) in [6, 6.07) is 8.16. The van der Waals surface area contributed by atoms with Gasteiger partial charge in [0, 0.05) is 24.1 Å². The van der Waals surface area contributed by atoms with Gasteiger partial charge in [-0.05, 0) is 37.9 Å². The van der Waals surface area contributed by atoms with E-state index in [1.807, 2.05) is 30.1 Å². The van der Waals surface area contributed by atoms with Gasteiger partial charge in [0.15, 0.2) is 0 Å². The average Bonchev–Trinajstić information content (AvgIpc) is 2.42. The zero-order valence-electron chi connectivity index (χ0n) is 11.4. The summed E-state index contributed by atoms with van der Waals surface area (Å²) < 4.78 is 1.10. The minimum atomic E-state index is 0.259. The number of likely N-dealkylation sites (N-methyl/N-ethyl adjacent to an activating group) is 1. The third kappa shape index (κ3) is 4.32. The van der Waals surface area contributed by atoms with E-state index in [2.05, 4.69) is 26.9 Å². The first-order valence-corrected chi connectivity index (χ1v) is 7.66. The highest BCUT2D eigenvalue weighted by Gasteiger charge is 2.17. The molecule has 0 bridgehead atoms. The van der Waals surface area contributed by atoms with Crippen LogP contribution in [0.4, 0.5) is 0 Å². The lowest BCUT2D eigenvalue weighted by Gasteiger charge is -2.28. The van der Waals surface area contributed by atoms with E-state index in [1.165, 1.54) is 12.0 Å². The van der Waals surface area contributed by atoms with Gasteiger partial charge in [-0.15, -0.1) is 0 Å². The van der Waals surface area contributed by atoms with Crippen molar-refractivity contribution in [2.75, 3.05) is 26.7 Å². The Kier molecular flexibility index (Phi) is 5.40. The van der Waals surface area contributed by atoms with E-state index in [4.69, 9.17) is 0 Å². The summed E-state index contributed by atoms with van der Waals surface area (Å²) in [4.78, 5) is 16.2. The van der Waals surface area contributed by atoms with Crippen molar-refractivity contribution < 1.29 is 4.79 Å². The fourth-order valence-electron chi connectivity index (χ4n) is 2.45. The molecule has 1 aromatic rings. The minimum Gasteiger partial charge on any atom is -0.342 e. The molecule has 3 nitrogen and oxygen atoms in total. The van der Waals surface area contributed by atoms with Crippen molar-refractivity contribution in [3.63, 3.8) is 0 Å². The van der Waals surface area contributed by atoms with Crippen molar-refractivity contribution in [3.05, 3.63) is 34.3 Å². The number of halogens is 1. The SMILES string of the molecule is CN(CC(=O)N1CCCCC1)Cc1ccccc1Br. The molecule has 0 spiro atoms. The Morgan fingerprint density at radius 1 is 1.26 bits per heavy atom. The highest BCUT2D eigenvalue weighted by molar-refractivity contribution is 9.10. The number of rotatable bonds is 4. The molecule has 4 heteroatoms. The molecule has 1 aliphatic rings. The number of carbonyl (C=O) groups excluding carboxylic acids is 1. The maximum absolute atomic E-state index is 12.2. The zero-order valence-corrected chi connectivity index (χ0v) is 13.0. The minimum absolute atomic E-state index is 0.259. The number of likely N-dealkylation sites (tertiary alicyclic amines) is 1. The number of hydrogen-bond donors (Lipinski definition) is 0. The molecule has 0 unspecified atom stereocenters. The van der Waals surface area contributed by atoms with Gasteiger partial charge in [-0.1, -0.05) is 34.1 Å². The van der Waals surface area contributed by atoms with Crippen molar-refractivity contribution in [1.82, 2.24) is 9.80 Å². The number of benzene rings is 1. The van der Waals surface area contributed by atoms with E-state index in [1.54, 1.807) is 0 Å². The maximum Gasteiger partial charge on any atom is 0.236 e. The number of nitrogens with zero attached hydrogens (tertiary/aromatic N) is 2. The van der Waals surface area contributed by atoms with Crippen LogP contribution >= 0.6 is 15.9 Å². The molecule has 1 heterocycles. The molecule has 0 aromatic heterocycles. The van der Waals surface area contributed by atoms with Gasteiger partial charge in [-0.25, -0.2) is 0 Å². The van der Waals surface area contributed by atoms with E-state index < -0.39 is 0 Å². The number of amides is 1. The Morgan fingerprint density at radius 3 is 2.63 bits per heavy atom. The standard InChI is InChI=1S/C15H21BrN2O/c1-17(11-13-7-3-4-8-14(13)16)12-15(19)18-9-5-2-6-10-18/h3-4,7-8H,2,5-6,9-12H2,1H3. The topological polar surface area (TPSA) is 23.6 Å². The molecule has 0 atom stereocenters. The van der Waals surface area contributed by atoms with Crippen LogP contribution in [0.25, 0.3) is 0 Å². The largest absolute Gasteiger partial charge is 0.342 e. The monoisotopic (exact) mass is 324 g/mol. The van der Waals surface area contributed by atoms with Crippen molar-refractivity contribution >= 4 is 21.8 Å². The zero-order chi connectivity index (χ0) is 13.7. The molecule has 19 heavy (non-hydrogen) atoms. The molecule has 0 saturated carbocycles. The quantitative estimate of drug-likeness (QED) is 0.850. The number of piperidine rings is 1. The highest BCUT2D eigenvalue weighted by atomic mass is 79.9. The lowest BCUT2D eigenvalue weighted by atomic mass is 10.1. The summed E-state index contributed by atoms with van der Waals surface area (Å²) in [6.45, 7) is 3.16. The molecular formula is C15H21BrN2O. The molecule has 2 rings (SSSR count). The normalized spacial score (nSPS) is 15.8. The Hall–Kier alpha value is -0.870. The van der Waals surface area contributed by atoms with E-state index in [9.17, 15) is 4.79 Å². The van der Waals surface area contributed by atoms with Crippen LogP contribution in [0.2, 0.25) is 0 Å². The van der Waals surface area contributed by atoms with Crippen molar-refractivity contribution in [1.29, 1.82) is 0 Å². The summed E-state index contributed by atoms with van der Waals surface area (Å²) in [5.74, 6) is 0.259. The van der Waals surface area contributed by atoms with Crippen LogP contribution in [-0.2, 0) is 11.3 Å². The first-order valence-electron chi connectivity index (χ1n) is 6.86. The average molecular weight is 325 g/mol. The Labute approximate surface area is 123 Å². The molecule has 0 radical (unpaired) electrons. The molecule has 0 aliphatic carbocycles. The molecule has 1 aromatic carbocycles. The molecule has 1 fully saturated rings. The summed E-state index contributed by atoms with van der Waals surface area (Å²) in [5.41, 5.74) is 1.22. The Morgan fingerprint density at radius 2 is 1.95 bits per heavy atom. The smallest absolute Gasteiger partial charge is 0.236 e. The molecule has 0 N–H and O–H groups in total. The molecule has 1 amide bonds. The van der Waals surface area contributed by atoms with Gasteiger partial charge in [-0.2, -0.15) is 0 Å². The molecule has 104 valence electrons. The van der Waals surface area contributed by atoms with Crippen LogP contribution in [-0.4, -0.2) is 42.4 Å². The lowest BCUT2D eigenvalue weighted by molar-refractivity contribution is -0.133. The third-order valence-corrected chi connectivity index (χ3v) is 4.29. The van der Waals surface area contributed by atoms with Gasteiger partial charge in [0.2, 0.25) is 5.91 Å². The molecule has 1 saturated heterocycles. The van der Waals surface area contributed by atoms with Crippen molar-refractivity contribution in [2.45, 2.75) is 25.8 Å². The predicted molar refractivity (Wildman–Crippen MR) is 80.9 cm³/mol. The Balaban J connectivity index is 1.85. The van der Waals surface area contributed by atoms with E-state index >= 15 is 0 Å². The lowest BCUT2D eigenvalue weighted by Crippen LogP contribution is -2.41. The van der Waals surface area contributed by atoms with Gasteiger partial charge in [0.05, 0.1) is 6.54 Å². The van der Waals surface area contributed by atoms with Crippen LogP contribution in [0.5, 0.6) is 0 Å². The molecular weight excluding hydrogens is 304 g/mol. The van der Waals surface area contributed by atoms with Crippen LogP contribution < -0.4 is 0 Å². The Bertz CT molecular complexity index is 430. The maximum atomic E-state index is 12.2. The van der Waals surface area contributed by atoms with Gasteiger partial charge >= 0.3 is 0 Å². The number of carbonyl (C=O) groups is 1. The summed E-state index contributed by atoms with van der Waals surface area (Å²) in [5, 5.41) is 0. The number of hydrogen-bond acceptors (Lipinski definition) is 2. The summed E-state index contributed by atoms with van der Waals surface area (Å²) in [6.07, 6.45) is 3.57. The van der Waals surface area contributed by atoms with Crippen LogP contribution in [0.3, 0.4) is 0 Å². The third-order valence-electron chi connectivity index (χ3n) is 3.51. The predicted octanol–water partition coefficient (Wildman–Crippen LogP) is 2.89. The first kappa shape index (κ1) is 14.5. The fraction of sp³-hybridized carbons (Fsp3) is 0.533. The van der Waals surface area contributed by atoms with Gasteiger partial charge in [0.25, 0.3) is 0 Å². The summed E-state index contributed by atoms with van der Waals surface area (Å²) >= 11 is 3.55. The second-order valence-corrected chi connectivity index (χ2v) is 6.06. The fourth-order valence-corrected chi connectivity index (χ4v) is 2.86. The highest BCUT2D eigenvalue weighted by Crippen LogP contribution is 2.17. The van der Waals surface area contributed by atoms with Gasteiger partial charge in [0.1, 0.15) is 0 Å². The van der Waals surface area contributed by atoms with E-state index in [0.717, 1.165) is 36.9 Å². The van der Waals surface area contributed by atoms with E-state index in [0.29, 0.717) is 6.54 Å². The van der Waals surface area contributed by atoms with Crippen LogP contribution in [0.15, 0.2) is 28.7 Å². The van der Waals surface area contributed by atoms with Gasteiger partial charge in [-0.3, -0.25) is 9.69 Å². The van der Waals surface area contributed by atoms with Crippen LogP contribution in [0, 0.1) is 0 Å². The van der Waals surface area contributed by atoms with Crippen molar-refractivity contribution in [2.24, 2.45) is 0 Å². The first-order chi connectivity index (χ1) is 9.16. The molecule has 1 aliphatic heterocycles. The second kappa shape index (κ2) is 7.06. The van der Waals surface area contributed by atoms with Crippen molar-refractivity contribution in [3.8, 4) is 0 Å². The van der Waals surface area contributed by atoms with E-state index in [-0.39, 0.29) is 5.91 Å². The van der Waals surface area contributed by atoms with Crippen LogP contribution in [0.1, 0.15) is 24.8 Å². The summed E-state index contributed by atoms with van der Waals surface area (Å²) in [7, 11) is 2.00. The van der Waals surface area contributed by atoms with Gasteiger partial charge < -0.3 is 4.90 Å².